The number of carbonyl (C=O) groups excluding carboxylic acids is 2. The molecule has 0 bridgehead atoms. The monoisotopic (exact) mass is 488 g/mol. The minimum atomic E-state index is -0.510. The minimum Gasteiger partial charge on any atom is -0.496 e. The third-order valence-electron chi connectivity index (χ3n) is 6.32. The number of Topliss-reactive ketones (excluding diaryl/α,β-unsaturated/α-hetero) is 1. The molecular weight excluding hydrogens is 464 g/mol. The smallest absolute Gasteiger partial charge is 0.312 e. The number of benzene rings is 3. The summed E-state index contributed by atoms with van der Waals surface area (Å²) in [5, 5.41) is 0. The molecule has 8 nitrogen and oxygen atoms in total. The fraction of sp³-hybridized carbons (Fsp3) is 0.214. The third kappa shape index (κ3) is 3.71. The number of carbonyl (C=O) groups is 2. The molecule has 0 aromatic heterocycles. The highest BCUT2D eigenvalue weighted by Gasteiger charge is 2.40. The van der Waals surface area contributed by atoms with Gasteiger partial charge in [-0.05, 0) is 30.3 Å². The number of rotatable bonds is 6. The van der Waals surface area contributed by atoms with Crippen LogP contribution in [0.4, 0.5) is 0 Å². The summed E-state index contributed by atoms with van der Waals surface area (Å²) >= 11 is 0. The van der Waals surface area contributed by atoms with Gasteiger partial charge in [-0.15, -0.1) is 0 Å². The molecule has 0 unspecified atom stereocenters. The molecule has 3 aromatic carbocycles. The Bertz CT molecular complexity index is 1400. The zero-order chi connectivity index (χ0) is 25.4. The molecule has 0 spiro atoms. The Morgan fingerprint density at radius 2 is 1.56 bits per heavy atom. The molecule has 2 aliphatic heterocycles. The van der Waals surface area contributed by atoms with Gasteiger partial charge in [0.25, 0.3) is 0 Å². The summed E-state index contributed by atoms with van der Waals surface area (Å²) in [7, 11) is 6.13. The number of esters is 1. The van der Waals surface area contributed by atoms with E-state index in [-0.39, 0.29) is 18.0 Å². The zero-order valence-electron chi connectivity index (χ0n) is 20.2. The number of hydrogen-bond donors (Lipinski definition) is 0. The average molecular weight is 488 g/mol. The second-order valence-corrected chi connectivity index (χ2v) is 8.19. The van der Waals surface area contributed by atoms with E-state index in [4.69, 9.17) is 28.4 Å². The van der Waals surface area contributed by atoms with Crippen molar-refractivity contribution in [2.45, 2.75) is 12.3 Å². The SMILES string of the molecule is COc1ccccc1/C=C1\Oc2c(ccc3c2[C@@H](c2ccc(OC)c(OC)c2OC)CC(=O)O3)C1=O. The topological polar surface area (TPSA) is 89.5 Å². The van der Waals surface area contributed by atoms with Gasteiger partial charge in [0.05, 0.1) is 40.4 Å². The van der Waals surface area contributed by atoms with Gasteiger partial charge in [0.15, 0.2) is 17.3 Å². The van der Waals surface area contributed by atoms with Crippen molar-refractivity contribution in [2.24, 2.45) is 0 Å². The molecule has 1 atom stereocenters. The van der Waals surface area contributed by atoms with E-state index < -0.39 is 11.9 Å². The van der Waals surface area contributed by atoms with Crippen molar-refractivity contribution >= 4 is 17.8 Å². The number of fused-ring (bicyclic) bond motifs is 3. The molecule has 2 aliphatic rings. The lowest BCUT2D eigenvalue weighted by Gasteiger charge is -2.28. The van der Waals surface area contributed by atoms with E-state index in [0.717, 1.165) is 0 Å². The van der Waals surface area contributed by atoms with Crippen molar-refractivity contribution in [3.63, 3.8) is 0 Å². The van der Waals surface area contributed by atoms with Gasteiger partial charge in [-0.2, -0.15) is 0 Å². The number of methoxy groups -OCH3 is 4. The molecular formula is C28H24O8. The van der Waals surface area contributed by atoms with Crippen molar-refractivity contribution in [1.29, 1.82) is 0 Å². The Morgan fingerprint density at radius 1 is 0.806 bits per heavy atom. The molecule has 0 amide bonds. The Labute approximate surface area is 207 Å². The van der Waals surface area contributed by atoms with Crippen molar-refractivity contribution in [3.05, 3.63) is 76.5 Å². The number of ether oxygens (including phenoxy) is 6. The quantitative estimate of drug-likeness (QED) is 0.278. The first-order valence-electron chi connectivity index (χ1n) is 11.2. The molecule has 0 fully saturated rings. The summed E-state index contributed by atoms with van der Waals surface area (Å²) in [6.45, 7) is 0. The predicted molar refractivity (Wildman–Crippen MR) is 131 cm³/mol. The summed E-state index contributed by atoms with van der Waals surface area (Å²) in [6.07, 6.45) is 1.67. The third-order valence-corrected chi connectivity index (χ3v) is 6.32. The van der Waals surface area contributed by atoms with Crippen LogP contribution in [0.15, 0.2) is 54.3 Å². The van der Waals surface area contributed by atoms with Gasteiger partial charge in [-0.1, -0.05) is 24.3 Å². The van der Waals surface area contributed by atoms with Crippen molar-refractivity contribution < 1.29 is 38.0 Å². The van der Waals surface area contributed by atoms with E-state index in [1.807, 2.05) is 24.3 Å². The Balaban J connectivity index is 1.66. The Hall–Kier alpha value is -4.46. The van der Waals surface area contributed by atoms with Gasteiger partial charge in [-0.25, -0.2) is 0 Å². The summed E-state index contributed by atoms with van der Waals surface area (Å²) < 4.78 is 33.7. The number of ketones is 1. The first kappa shape index (κ1) is 23.3. The molecule has 8 heteroatoms. The lowest BCUT2D eigenvalue weighted by atomic mass is 9.84. The van der Waals surface area contributed by atoms with E-state index in [1.54, 1.807) is 37.5 Å². The van der Waals surface area contributed by atoms with Gasteiger partial charge >= 0.3 is 5.97 Å². The lowest BCUT2D eigenvalue weighted by molar-refractivity contribution is -0.135. The van der Waals surface area contributed by atoms with Crippen LogP contribution in [0.3, 0.4) is 0 Å². The Morgan fingerprint density at radius 3 is 2.28 bits per heavy atom. The van der Waals surface area contributed by atoms with E-state index in [9.17, 15) is 9.59 Å². The normalized spacial score (nSPS) is 17.1. The summed E-state index contributed by atoms with van der Waals surface area (Å²) in [6, 6.07) is 14.1. The molecule has 36 heavy (non-hydrogen) atoms. The zero-order valence-corrected chi connectivity index (χ0v) is 20.2. The van der Waals surface area contributed by atoms with Crippen LogP contribution in [0, 0.1) is 0 Å². The average Bonchev–Trinajstić information content (AvgIpc) is 3.22. The van der Waals surface area contributed by atoms with Crippen LogP contribution in [-0.4, -0.2) is 40.2 Å². The van der Waals surface area contributed by atoms with Gasteiger partial charge < -0.3 is 28.4 Å². The highest BCUT2D eigenvalue weighted by atomic mass is 16.5. The van der Waals surface area contributed by atoms with E-state index in [0.29, 0.717) is 56.8 Å². The van der Waals surface area contributed by atoms with E-state index >= 15 is 0 Å². The number of allylic oxidation sites excluding steroid dienone is 1. The summed E-state index contributed by atoms with van der Waals surface area (Å²) in [5.74, 6) is 1.58. The summed E-state index contributed by atoms with van der Waals surface area (Å²) in [5.41, 5.74) is 2.36. The summed E-state index contributed by atoms with van der Waals surface area (Å²) in [4.78, 5) is 25.9. The maximum Gasteiger partial charge on any atom is 0.312 e. The first-order chi connectivity index (χ1) is 17.5. The molecule has 0 N–H and O–H groups in total. The Kier molecular flexibility index (Phi) is 6.01. The molecule has 2 heterocycles. The highest BCUT2D eigenvalue weighted by Crippen LogP contribution is 2.53. The van der Waals surface area contributed by atoms with Crippen molar-refractivity contribution in [3.8, 4) is 34.5 Å². The van der Waals surface area contributed by atoms with Gasteiger partial charge in [0, 0.05) is 22.6 Å². The van der Waals surface area contributed by atoms with Gasteiger partial charge in [0.2, 0.25) is 11.5 Å². The first-order valence-corrected chi connectivity index (χ1v) is 11.2. The van der Waals surface area contributed by atoms with Crippen LogP contribution in [0.2, 0.25) is 0 Å². The molecule has 0 saturated carbocycles. The predicted octanol–water partition coefficient (Wildman–Crippen LogP) is 4.78. The van der Waals surface area contributed by atoms with Crippen LogP contribution < -0.4 is 28.4 Å². The maximum absolute atomic E-state index is 13.3. The van der Waals surface area contributed by atoms with Crippen molar-refractivity contribution in [2.75, 3.05) is 28.4 Å². The largest absolute Gasteiger partial charge is 0.496 e. The van der Waals surface area contributed by atoms with E-state index in [1.165, 1.54) is 21.3 Å². The number of hydrogen-bond acceptors (Lipinski definition) is 8. The second kappa shape index (κ2) is 9.30. The van der Waals surface area contributed by atoms with Gasteiger partial charge in [-0.3, -0.25) is 9.59 Å². The fourth-order valence-electron chi connectivity index (χ4n) is 4.70. The van der Waals surface area contributed by atoms with E-state index in [2.05, 4.69) is 0 Å². The minimum absolute atomic E-state index is 0.0262. The molecule has 3 aromatic rings. The fourth-order valence-corrected chi connectivity index (χ4v) is 4.70. The molecule has 0 radical (unpaired) electrons. The highest BCUT2D eigenvalue weighted by molar-refractivity contribution is 6.15. The molecule has 0 aliphatic carbocycles. The molecule has 0 saturated heterocycles. The standard InChI is InChI=1S/C28H24O8/c1-31-19-8-6-5-7-15(19)13-22-25(30)17-10-11-20-24(26(17)36-22)18(14-23(29)35-20)16-9-12-21(32-2)28(34-4)27(16)33-3/h5-13,18H,14H2,1-4H3/b22-13-/t18-/m1/s1. The van der Waals surface area contributed by atoms with Crippen LogP contribution >= 0.6 is 0 Å². The number of para-hydroxylation sites is 1. The van der Waals surface area contributed by atoms with Gasteiger partial charge in [0.1, 0.15) is 17.2 Å². The van der Waals surface area contributed by atoms with Crippen LogP contribution in [0.25, 0.3) is 6.08 Å². The van der Waals surface area contributed by atoms with Crippen LogP contribution in [0.1, 0.15) is 39.4 Å². The van der Waals surface area contributed by atoms with Crippen LogP contribution in [0.5, 0.6) is 34.5 Å². The maximum atomic E-state index is 13.3. The lowest BCUT2D eigenvalue weighted by Crippen LogP contribution is -2.22. The van der Waals surface area contributed by atoms with Crippen LogP contribution in [-0.2, 0) is 4.79 Å². The van der Waals surface area contributed by atoms with Crippen molar-refractivity contribution in [1.82, 2.24) is 0 Å². The molecule has 184 valence electrons. The molecule has 5 rings (SSSR count). The second-order valence-electron chi connectivity index (χ2n) is 8.19.